The highest BCUT2D eigenvalue weighted by molar-refractivity contribution is 7.89. The number of anilines is 1. The Kier molecular flexibility index (Phi) is 5.17. The van der Waals surface area contributed by atoms with E-state index >= 15 is 0 Å². The molecule has 2 heterocycles. The third kappa shape index (κ3) is 3.53. The minimum absolute atomic E-state index is 0.175. The standard InChI is InChI=1S/C18H23N3O4S/c1-12-5-4-6-15(11-12)20-18(22)16-13(2)17(14(3)19-16)26(23,24)21-7-9-25-10-8-21/h4-6,11,19H,7-10H2,1-3H3,(H,20,22). The summed E-state index contributed by atoms with van der Waals surface area (Å²) in [6.07, 6.45) is 0. The molecule has 1 aromatic heterocycles. The molecule has 1 fully saturated rings. The monoisotopic (exact) mass is 377 g/mol. The smallest absolute Gasteiger partial charge is 0.272 e. The van der Waals surface area contributed by atoms with Gasteiger partial charge in [-0.1, -0.05) is 12.1 Å². The lowest BCUT2D eigenvalue weighted by molar-refractivity contribution is 0.0730. The summed E-state index contributed by atoms with van der Waals surface area (Å²) in [6.45, 7) is 6.65. The van der Waals surface area contributed by atoms with Crippen molar-refractivity contribution in [1.82, 2.24) is 9.29 Å². The Balaban J connectivity index is 1.91. The minimum Gasteiger partial charge on any atom is -0.379 e. The van der Waals surface area contributed by atoms with Crippen LogP contribution in [0.2, 0.25) is 0 Å². The van der Waals surface area contributed by atoms with E-state index in [9.17, 15) is 13.2 Å². The molecule has 140 valence electrons. The number of hydrogen-bond donors (Lipinski definition) is 2. The van der Waals surface area contributed by atoms with Gasteiger partial charge in [-0.2, -0.15) is 4.31 Å². The molecule has 1 aliphatic heterocycles. The summed E-state index contributed by atoms with van der Waals surface area (Å²) in [5.74, 6) is -0.361. The van der Waals surface area contributed by atoms with Crippen molar-refractivity contribution in [2.24, 2.45) is 0 Å². The van der Waals surface area contributed by atoms with Crippen molar-refractivity contribution in [2.75, 3.05) is 31.6 Å². The fraction of sp³-hybridized carbons (Fsp3) is 0.389. The van der Waals surface area contributed by atoms with Gasteiger partial charge in [-0.25, -0.2) is 8.42 Å². The first kappa shape index (κ1) is 18.6. The summed E-state index contributed by atoms with van der Waals surface area (Å²) in [5.41, 5.74) is 2.84. The topological polar surface area (TPSA) is 91.5 Å². The third-order valence-corrected chi connectivity index (χ3v) is 6.61. The van der Waals surface area contributed by atoms with Crippen molar-refractivity contribution in [2.45, 2.75) is 25.7 Å². The highest BCUT2D eigenvalue weighted by Gasteiger charge is 2.32. The van der Waals surface area contributed by atoms with Gasteiger partial charge >= 0.3 is 0 Å². The molecular formula is C18H23N3O4S. The summed E-state index contributed by atoms with van der Waals surface area (Å²) < 4.78 is 32.6. The fourth-order valence-electron chi connectivity index (χ4n) is 3.18. The molecule has 0 bridgehead atoms. The average molecular weight is 377 g/mol. The van der Waals surface area contributed by atoms with Crippen molar-refractivity contribution in [3.8, 4) is 0 Å². The van der Waals surface area contributed by atoms with Crippen LogP contribution in [0.25, 0.3) is 0 Å². The van der Waals surface area contributed by atoms with Gasteiger partial charge < -0.3 is 15.0 Å². The molecule has 2 N–H and O–H groups in total. The van der Waals surface area contributed by atoms with Gasteiger partial charge in [-0.3, -0.25) is 4.79 Å². The molecule has 0 spiro atoms. The number of hydrogen-bond acceptors (Lipinski definition) is 4. The Labute approximate surface area is 153 Å². The van der Waals surface area contributed by atoms with Crippen molar-refractivity contribution in [1.29, 1.82) is 0 Å². The number of carbonyl (C=O) groups is 1. The molecule has 8 heteroatoms. The van der Waals surface area contributed by atoms with E-state index in [4.69, 9.17) is 4.74 Å². The van der Waals surface area contributed by atoms with Crippen molar-refractivity contribution in [3.63, 3.8) is 0 Å². The van der Waals surface area contributed by atoms with E-state index in [-0.39, 0.29) is 16.5 Å². The number of rotatable bonds is 4. The summed E-state index contributed by atoms with van der Waals surface area (Å²) in [6, 6.07) is 7.44. The van der Waals surface area contributed by atoms with E-state index < -0.39 is 10.0 Å². The van der Waals surface area contributed by atoms with Crippen LogP contribution in [-0.2, 0) is 14.8 Å². The zero-order valence-corrected chi connectivity index (χ0v) is 15.9. The number of aromatic amines is 1. The number of morpholine rings is 1. The number of amides is 1. The van der Waals surface area contributed by atoms with Gasteiger partial charge in [0.1, 0.15) is 10.6 Å². The molecule has 0 aliphatic carbocycles. The van der Waals surface area contributed by atoms with Crippen LogP contribution in [0.5, 0.6) is 0 Å². The maximum atomic E-state index is 13.0. The van der Waals surface area contributed by atoms with Gasteiger partial charge in [0.05, 0.1) is 13.2 Å². The van der Waals surface area contributed by atoms with Crippen LogP contribution in [0, 0.1) is 20.8 Å². The number of benzene rings is 1. The Morgan fingerprint density at radius 1 is 1.19 bits per heavy atom. The Bertz CT molecular complexity index is 928. The minimum atomic E-state index is -3.67. The summed E-state index contributed by atoms with van der Waals surface area (Å²) in [4.78, 5) is 15.8. The van der Waals surface area contributed by atoms with Crippen LogP contribution < -0.4 is 5.32 Å². The first-order valence-electron chi connectivity index (χ1n) is 8.46. The van der Waals surface area contributed by atoms with Gasteiger partial charge in [0.25, 0.3) is 5.91 Å². The summed E-state index contributed by atoms with van der Waals surface area (Å²) in [5, 5.41) is 2.81. The molecule has 0 unspecified atom stereocenters. The Morgan fingerprint density at radius 3 is 2.54 bits per heavy atom. The zero-order chi connectivity index (χ0) is 18.9. The van der Waals surface area contributed by atoms with Gasteiger partial charge in [0, 0.05) is 24.5 Å². The van der Waals surface area contributed by atoms with Crippen LogP contribution in [0.15, 0.2) is 29.2 Å². The van der Waals surface area contributed by atoms with Gasteiger partial charge in [0.2, 0.25) is 10.0 Å². The highest BCUT2D eigenvalue weighted by Crippen LogP contribution is 2.27. The van der Waals surface area contributed by atoms with Crippen molar-refractivity contribution in [3.05, 3.63) is 46.8 Å². The molecule has 3 rings (SSSR count). The second-order valence-corrected chi connectivity index (χ2v) is 8.29. The molecule has 1 amide bonds. The molecule has 0 radical (unpaired) electrons. The van der Waals surface area contributed by atoms with Crippen molar-refractivity contribution < 1.29 is 17.9 Å². The summed E-state index contributed by atoms with van der Waals surface area (Å²) in [7, 11) is -3.67. The number of aromatic nitrogens is 1. The SMILES string of the molecule is Cc1cccc(NC(=O)c2[nH]c(C)c(S(=O)(=O)N3CCOCC3)c2C)c1. The number of nitrogens with zero attached hydrogens (tertiary/aromatic N) is 1. The number of aryl methyl sites for hydroxylation is 2. The molecule has 1 aromatic carbocycles. The van der Waals surface area contributed by atoms with E-state index in [0.29, 0.717) is 43.2 Å². The zero-order valence-electron chi connectivity index (χ0n) is 15.1. The number of nitrogens with one attached hydrogen (secondary N) is 2. The maximum Gasteiger partial charge on any atom is 0.272 e. The van der Waals surface area contributed by atoms with Crippen LogP contribution in [0.4, 0.5) is 5.69 Å². The largest absolute Gasteiger partial charge is 0.379 e. The normalized spacial score (nSPS) is 15.8. The lowest BCUT2D eigenvalue weighted by atomic mass is 10.2. The first-order chi connectivity index (χ1) is 12.3. The van der Waals surface area contributed by atoms with Crippen LogP contribution >= 0.6 is 0 Å². The Hall–Kier alpha value is -2.16. The molecule has 2 aromatic rings. The van der Waals surface area contributed by atoms with E-state index in [0.717, 1.165) is 5.56 Å². The summed E-state index contributed by atoms with van der Waals surface area (Å²) >= 11 is 0. The lowest BCUT2D eigenvalue weighted by Crippen LogP contribution is -2.40. The van der Waals surface area contributed by atoms with Crippen LogP contribution in [0.1, 0.15) is 27.3 Å². The van der Waals surface area contributed by atoms with E-state index in [1.165, 1.54) is 4.31 Å². The fourth-order valence-corrected chi connectivity index (χ4v) is 4.99. The molecule has 1 saturated heterocycles. The number of ether oxygens (including phenoxy) is 1. The van der Waals surface area contributed by atoms with E-state index in [1.807, 2.05) is 25.1 Å². The molecular weight excluding hydrogens is 354 g/mol. The van der Waals surface area contributed by atoms with Gasteiger partial charge in [-0.15, -0.1) is 0 Å². The Morgan fingerprint density at radius 2 is 1.88 bits per heavy atom. The molecule has 0 saturated carbocycles. The average Bonchev–Trinajstić information content (AvgIpc) is 2.91. The maximum absolute atomic E-state index is 13.0. The number of sulfonamides is 1. The first-order valence-corrected chi connectivity index (χ1v) is 9.90. The highest BCUT2D eigenvalue weighted by atomic mass is 32.2. The molecule has 26 heavy (non-hydrogen) atoms. The van der Waals surface area contributed by atoms with Crippen LogP contribution in [-0.4, -0.2) is 49.9 Å². The predicted molar refractivity (Wildman–Crippen MR) is 99.0 cm³/mol. The lowest BCUT2D eigenvalue weighted by Gasteiger charge is -2.26. The van der Waals surface area contributed by atoms with E-state index in [1.54, 1.807) is 19.9 Å². The second-order valence-electron chi connectivity index (χ2n) is 6.42. The third-order valence-electron chi connectivity index (χ3n) is 4.44. The number of H-pyrrole nitrogens is 1. The number of carbonyl (C=O) groups excluding carboxylic acids is 1. The quantitative estimate of drug-likeness (QED) is 0.855. The molecule has 7 nitrogen and oxygen atoms in total. The molecule has 0 atom stereocenters. The second kappa shape index (κ2) is 7.22. The van der Waals surface area contributed by atoms with Gasteiger partial charge in [0.15, 0.2) is 0 Å². The molecule has 1 aliphatic rings. The van der Waals surface area contributed by atoms with Gasteiger partial charge in [-0.05, 0) is 44.0 Å². The van der Waals surface area contributed by atoms with Crippen molar-refractivity contribution >= 4 is 21.6 Å². The van der Waals surface area contributed by atoms with Crippen LogP contribution in [0.3, 0.4) is 0 Å². The predicted octanol–water partition coefficient (Wildman–Crippen LogP) is 2.21. The van der Waals surface area contributed by atoms with E-state index in [2.05, 4.69) is 10.3 Å².